The number of amides is 2. The number of carbonyl (C=O) groups excluding carboxylic acids is 3. The minimum absolute atomic E-state index is 0.00990. The number of nitrogens with one attached hydrogen (secondary N) is 1. The lowest BCUT2D eigenvalue weighted by molar-refractivity contribution is -0.121. The number of esters is 1. The maximum Gasteiger partial charge on any atom is 0.338 e. The number of nitrogens with zero attached hydrogens (tertiary/aromatic N) is 1. The fraction of sp³-hybridized carbons (Fsp3) is 0.318. The van der Waals surface area contributed by atoms with E-state index in [1.54, 1.807) is 37.3 Å². The van der Waals surface area contributed by atoms with Gasteiger partial charge in [-0.15, -0.1) is 0 Å². The molecule has 29 heavy (non-hydrogen) atoms. The van der Waals surface area contributed by atoms with Crippen LogP contribution in [0.4, 0.5) is 10.1 Å². The van der Waals surface area contributed by atoms with Crippen LogP contribution in [0.5, 0.6) is 0 Å². The predicted molar refractivity (Wildman–Crippen MR) is 106 cm³/mol. The lowest BCUT2D eigenvalue weighted by Gasteiger charge is -2.32. The standard InChI is InChI=1S/C22H23FN2O4/c1-2-29-22(28)15-7-5-9-17(13-15)24-20(26)16-8-6-12-25(14-16)21(27)18-10-3-4-11-19(18)23/h3-5,7,9-11,13,16H,2,6,8,12,14H2,1H3,(H,24,26)/t16-/m1/s1. The summed E-state index contributed by atoms with van der Waals surface area (Å²) in [4.78, 5) is 38.7. The first kappa shape index (κ1) is 20.5. The molecule has 0 aromatic heterocycles. The molecule has 2 amide bonds. The second-order valence-electron chi connectivity index (χ2n) is 6.86. The summed E-state index contributed by atoms with van der Waals surface area (Å²) in [6, 6.07) is 12.4. The first-order valence-electron chi connectivity index (χ1n) is 9.61. The van der Waals surface area contributed by atoms with Crippen LogP contribution in [0.25, 0.3) is 0 Å². The highest BCUT2D eigenvalue weighted by molar-refractivity contribution is 5.97. The molecule has 7 heteroatoms. The van der Waals surface area contributed by atoms with Gasteiger partial charge in [0, 0.05) is 18.8 Å². The van der Waals surface area contributed by atoms with Crippen LogP contribution in [0, 0.1) is 11.7 Å². The molecular weight excluding hydrogens is 375 g/mol. The van der Waals surface area contributed by atoms with Crippen LogP contribution in [-0.2, 0) is 9.53 Å². The molecule has 1 heterocycles. The maximum atomic E-state index is 13.9. The topological polar surface area (TPSA) is 75.7 Å². The molecule has 1 N–H and O–H groups in total. The molecule has 152 valence electrons. The van der Waals surface area contributed by atoms with Gasteiger partial charge >= 0.3 is 5.97 Å². The Morgan fingerprint density at radius 2 is 1.97 bits per heavy atom. The van der Waals surface area contributed by atoms with E-state index in [4.69, 9.17) is 4.74 Å². The molecule has 0 unspecified atom stereocenters. The van der Waals surface area contributed by atoms with E-state index in [9.17, 15) is 18.8 Å². The molecule has 1 aliphatic heterocycles. The summed E-state index contributed by atoms with van der Waals surface area (Å²) < 4.78 is 18.9. The van der Waals surface area contributed by atoms with Gasteiger partial charge in [0.2, 0.25) is 5.91 Å². The van der Waals surface area contributed by atoms with Crippen molar-refractivity contribution in [1.82, 2.24) is 4.90 Å². The molecule has 3 rings (SSSR count). The predicted octanol–water partition coefficient (Wildman–Crippen LogP) is 3.49. The molecule has 1 atom stereocenters. The number of carbonyl (C=O) groups is 3. The van der Waals surface area contributed by atoms with E-state index in [1.165, 1.54) is 23.1 Å². The highest BCUT2D eigenvalue weighted by Gasteiger charge is 2.30. The largest absolute Gasteiger partial charge is 0.462 e. The van der Waals surface area contributed by atoms with Crippen molar-refractivity contribution in [2.24, 2.45) is 5.92 Å². The third kappa shape index (κ3) is 4.99. The molecule has 0 radical (unpaired) electrons. The Balaban J connectivity index is 1.66. The zero-order chi connectivity index (χ0) is 20.8. The van der Waals surface area contributed by atoms with Crippen molar-refractivity contribution in [2.75, 3.05) is 25.0 Å². The van der Waals surface area contributed by atoms with E-state index >= 15 is 0 Å². The summed E-state index contributed by atoms with van der Waals surface area (Å²) in [5.41, 5.74) is 0.846. The molecule has 1 aliphatic rings. The second-order valence-corrected chi connectivity index (χ2v) is 6.86. The summed E-state index contributed by atoms with van der Waals surface area (Å²) in [5.74, 6) is -2.09. The maximum absolute atomic E-state index is 13.9. The Kier molecular flexibility index (Phi) is 6.59. The van der Waals surface area contributed by atoms with Crippen molar-refractivity contribution >= 4 is 23.5 Å². The summed E-state index contributed by atoms with van der Waals surface area (Å²) >= 11 is 0. The number of hydrogen-bond acceptors (Lipinski definition) is 4. The van der Waals surface area contributed by atoms with E-state index < -0.39 is 23.6 Å². The molecular formula is C22H23FN2O4. The van der Waals surface area contributed by atoms with Crippen LogP contribution in [0.1, 0.15) is 40.5 Å². The van der Waals surface area contributed by atoms with Gasteiger partial charge < -0.3 is 15.0 Å². The molecule has 0 aliphatic carbocycles. The van der Waals surface area contributed by atoms with E-state index in [0.717, 1.165) is 0 Å². The number of halogens is 1. The van der Waals surface area contributed by atoms with E-state index in [0.29, 0.717) is 30.6 Å². The van der Waals surface area contributed by atoms with E-state index in [-0.39, 0.29) is 24.6 Å². The Hall–Kier alpha value is -3.22. The third-order valence-corrected chi connectivity index (χ3v) is 4.82. The quantitative estimate of drug-likeness (QED) is 0.783. The minimum Gasteiger partial charge on any atom is -0.462 e. The van der Waals surface area contributed by atoms with Crippen LogP contribution in [0.15, 0.2) is 48.5 Å². The third-order valence-electron chi connectivity index (χ3n) is 4.82. The van der Waals surface area contributed by atoms with E-state index in [1.807, 2.05) is 0 Å². The Bertz CT molecular complexity index is 915. The van der Waals surface area contributed by atoms with E-state index in [2.05, 4.69) is 5.32 Å². The number of rotatable bonds is 5. The van der Waals surface area contributed by atoms with Crippen LogP contribution in [0.2, 0.25) is 0 Å². The van der Waals surface area contributed by atoms with Crippen molar-refractivity contribution in [2.45, 2.75) is 19.8 Å². The molecule has 1 saturated heterocycles. The van der Waals surface area contributed by atoms with Crippen LogP contribution in [0.3, 0.4) is 0 Å². The Labute approximate surface area is 168 Å². The molecule has 2 aromatic rings. The fourth-order valence-corrected chi connectivity index (χ4v) is 3.36. The zero-order valence-electron chi connectivity index (χ0n) is 16.2. The highest BCUT2D eigenvalue weighted by atomic mass is 19.1. The highest BCUT2D eigenvalue weighted by Crippen LogP contribution is 2.22. The monoisotopic (exact) mass is 398 g/mol. The second kappa shape index (κ2) is 9.32. The number of ether oxygens (including phenoxy) is 1. The van der Waals surface area contributed by atoms with Gasteiger partial charge in [-0.05, 0) is 50.1 Å². The van der Waals surface area contributed by atoms with Crippen LogP contribution in [-0.4, -0.2) is 42.4 Å². The number of likely N-dealkylation sites (tertiary alicyclic amines) is 1. The average Bonchev–Trinajstić information content (AvgIpc) is 2.74. The summed E-state index contributed by atoms with van der Waals surface area (Å²) in [6.07, 6.45) is 1.28. The lowest BCUT2D eigenvalue weighted by atomic mass is 9.96. The number of anilines is 1. The lowest BCUT2D eigenvalue weighted by Crippen LogP contribution is -2.44. The normalized spacial score (nSPS) is 16.2. The number of benzene rings is 2. The molecule has 6 nitrogen and oxygen atoms in total. The fourth-order valence-electron chi connectivity index (χ4n) is 3.36. The molecule has 1 fully saturated rings. The van der Waals surface area contributed by atoms with Crippen LogP contribution >= 0.6 is 0 Å². The summed E-state index contributed by atoms with van der Waals surface area (Å²) in [7, 11) is 0. The van der Waals surface area contributed by atoms with Gasteiger partial charge in [-0.1, -0.05) is 18.2 Å². The number of hydrogen-bond donors (Lipinski definition) is 1. The molecule has 0 spiro atoms. The SMILES string of the molecule is CCOC(=O)c1cccc(NC(=O)[C@@H]2CCCN(C(=O)c3ccccc3F)C2)c1. The van der Waals surface area contributed by atoms with Crippen molar-refractivity contribution in [3.63, 3.8) is 0 Å². The summed E-state index contributed by atoms with van der Waals surface area (Å²) in [6.45, 7) is 2.69. The van der Waals surface area contributed by atoms with Gasteiger partial charge in [0.25, 0.3) is 5.91 Å². The first-order valence-corrected chi connectivity index (χ1v) is 9.61. The number of piperidine rings is 1. The van der Waals surface area contributed by atoms with Gasteiger partial charge in [0.1, 0.15) is 5.82 Å². The van der Waals surface area contributed by atoms with Crippen molar-refractivity contribution < 1.29 is 23.5 Å². The summed E-state index contributed by atoms with van der Waals surface area (Å²) in [5, 5.41) is 2.80. The Morgan fingerprint density at radius 3 is 2.72 bits per heavy atom. The first-order chi connectivity index (χ1) is 14.0. The smallest absolute Gasteiger partial charge is 0.338 e. The van der Waals surface area contributed by atoms with Crippen molar-refractivity contribution in [3.8, 4) is 0 Å². The van der Waals surface area contributed by atoms with Gasteiger partial charge in [-0.25, -0.2) is 9.18 Å². The van der Waals surface area contributed by atoms with Gasteiger partial charge in [-0.3, -0.25) is 9.59 Å². The van der Waals surface area contributed by atoms with Gasteiger partial charge in [0.05, 0.1) is 23.7 Å². The van der Waals surface area contributed by atoms with Crippen molar-refractivity contribution in [1.29, 1.82) is 0 Å². The van der Waals surface area contributed by atoms with Gasteiger partial charge in [0.15, 0.2) is 0 Å². The van der Waals surface area contributed by atoms with Crippen LogP contribution < -0.4 is 5.32 Å². The Morgan fingerprint density at radius 1 is 1.17 bits per heavy atom. The molecule has 0 bridgehead atoms. The molecule has 2 aromatic carbocycles. The zero-order valence-corrected chi connectivity index (χ0v) is 16.2. The molecule has 0 saturated carbocycles. The average molecular weight is 398 g/mol. The van der Waals surface area contributed by atoms with Gasteiger partial charge in [-0.2, -0.15) is 0 Å². The van der Waals surface area contributed by atoms with Crippen molar-refractivity contribution in [3.05, 3.63) is 65.5 Å². The minimum atomic E-state index is -0.570.